The fourth-order valence-corrected chi connectivity index (χ4v) is 1.02. The first kappa shape index (κ1) is 13.4. The van der Waals surface area contributed by atoms with Crippen LogP contribution in [0.2, 0.25) is 0 Å². The summed E-state index contributed by atoms with van der Waals surface area (Å²) >= 11 is 0. The third-order valence-corrected chi connectivity index (χ3v) is 2.03. The molecule has 0 spiro atoms. The molecule has 0 unspecified atom stereocenters. The summed E-state index contributed by atoms with van der Waals surface area (Å²) < 4.78 is 0. The topological polar surface area (TPSA) is 102 Å². The average Bonchev–Trinajstić information content (AvgIpc) is 2.36. The minimum atomic E-state index is 0.0121. The van der Waals surface area contributed by atoms with Gasteiger partial charge in [0.2, 0.25) is 11.9 Å². The Labute approximate surface area is 106 Å². The van der Waals surface area contributed by atoms with E-state index < -0.39 is 0 Å². The largest absolute Gasteiger partial charge is 0.368 e. The van der Waals surface area contributed by atoms with Crippen molar-refractivity contribution in [3.05, 3.63) is 35.4 Å². The highest BCUT2D eigenvalue weighted by Crippen LogP contribution is 2.00. The summed E-state index contributed by atoms with van der Waals surface area (Å²) in [7, 11) is 3.40. The summed E-state index contributed by atoms with van der Waals surface area (Å²) in [5.74, 6) is 0.0440. The minimum Gasteiger partial charge on any atom is -0.368 e. The van der Waals surface area contributed by atoms with Gasteiger partial charge in [-0.1, -0.05) is 12.1 Å². The number of hydrogen-bond donors (Lipinski definition) is 2. The number of hydrogen-bond acceptors (Lipinski definition) is 2. The number of nitrogens with one attached hydrogen (secondary N) is 1. The van der Waals surface area contributed by atoms with Crippen LogP contribution in [0.3, 0.4) is 0 Å². The van der Waals surface area contributed by atoms with Gasteiger partial charge in [-0.25, -0.2) is 4.99 Å². The standard InChI is InChI=1S/C12H14N6/c1-18(2)12(15)17-11(14)16-8-10-5-3-9(7-13)4-6-10/h3-6,8H,1-2H3,(H3,14,15,17). The maximum absolute atomic E-state index is 8.65. The lowest BCUT2D eigenvalue weighted by Gasteiger charge is -2.07. The smallest absolute Gasteiger partial charge is 0.223 e. The van der Waals surface area contributed by atoms with Crippen LogP contribution in [0.5, 0.6) is 0 Å². The molecule has 0 bridgehead atoms. The second kappa shape index (κ2) is 6.15. The Morgan fingerprint density at radius 2 is 2.00 bits per heavy atom. The van der Waals surface area contributed by atoms with E-state index in [1.165, 1.54) is 11.1 Å². The van der Waals surface area contributed by atoms with Crippen LogP contribution in [0.25, 0.3) is 0 Å². The van der Waals surface area contributed by atoms with Crippen molar-refractivity contribution in [1.82, 2.24) is 4.90 Å². The molecule has 0 aliphatic rings. The van der Waals surface area contributed by atoms with Gasteiger partial charge in [0.25, 0.3) is 0 Å². The summed E-state index contributed by atoms with van der Waals surface area (Å²) in [5.41, 5.74) is 6.94. The number of aliphatic imine (C=N–C) groups is 2. The van der Waals surface area contributed by atoms with Crippen molar-refractivity contribution in [2.24, 2.45) is 15.7 Å². The molecule has 0 atom stereocenters. The molecule has 92 valence electrons. The zero-order chi connectivity index (χ0) is 13.5. The van der Waals surface area contributed by atoms with Crippen molar-refractivity contribution in [2.45, 2.75) is 0 Å². The average molecular weight is 242 g/mol. The highest BCUT2D eigenvalue weighted by atomic mass is 15.2. The van der Waals surface area contributed by atoms with Gasteiger partial charge in [0.05, 0.1) is 11.6 Å². The first-order valence-electron chi connectivity index (χ1n) is 5.17. The Morgan fingerprint density at radius 3 is 2.50 bits per heavy atom. The fraction of sp³-hybridized carbons (Fsp3) is 0.167. The molecule has 0 amide bonds. The molecule has 0 heterocycles. The first-order chi connectivity index (χ1) is 8.52. The molecule has 1 aromatic rings. The number of nitriles is 1. The van der Waals surface area contributed by atoms with Gasteiger partial charge in [-0.2, -0.15) is 10.3 Å². The van der Waals surface area contributed by atoms with Gasteiger partial charge in [0.1, 0.15) is 0 Å². The van der Waals surface area contributed by atoms with Gasteiger partial charge in [0.15, 0.2) is 0 Å². The lowest BCUT2D eigenvalue weighted by atomic mass is 10.2. The molecular formula is C12H14N6. The van der Waals surface area contributed by atoms with Gasteiger partial charge in [-0.05, 0) is 17.7 Å². The zero-order valence-electron chi connectivity index (χ0n) is 10.3. The third kappa shape index (κ3) is 4.06. The molecule has 0 saturated carbocycles. The predicted octanol–water partition coefficient (Wildman–Crippen LogP) is 0.788. The molecule has 3 N–H and O–H groups in total. The highest BCUT2D eigenvalue weighted by molar-refractivity contribution is 5.98. The van der Waals surface area contributed by atoms with Crippen LogP contribution in [-0.4, -0.2) is 37.1 Å². The molecule has 6 nitrogen and oxygen atoms in total. The molecular weight excluding hydrogens is 228 g/mol. The molecule has 0 aromatic heterocycles. The Bertz CT molecular complexity index is 518. The van der Waals surface area contributed by atoms with E-state index in [-0.39, 0.29) is 11.9 Å². The van der Waals surface area contributed by atoms with E-state index in [4.69, 9.17) is 16.4 Å². The van der Waals surface area contributed by atoms with Crippen LogP contribution >= 0.6 is 0 Å². The maximum Gasteiger partial charge on any atom is 0.223 e. The lowest BCUT2D eigenvalue weighted by Crippen LogP contribution is -2.22. The Hall–Kier alpha value is -2.68. The number of nitrogens with zero attached hydrogens (tertiary/aromatic N) is 4. The summed E-state index contributed by atoms with van der Waals surface area (Å²) in [6.45, 7) is 0. The van der Waals surface area contributed by atoms with E-state index in [0.717, 1.165) is 5.56 Å². The zero-order valence-corrected chi connectivity index (χ0v) is 10.3. The lowest BCUT2D eigenvalue weighted by molar-refractivity contribution is 0.609. The van der Waals surface area contributed by atoms with Crippen molar-refractivity contribution in [1.29, 1.82) is 10.7 Å². The second-order valence-electron chi connectivity index (χ2n) is 3.68. The summed E-state index contributed by atoms with van der Waals surface area (Å²) in [4.78, 5) is 9.22. The van der Waals surface area contributed by atoms with Crippen LogP contribution in [0.1, 0.15) is 11.1 Å². The number of rotatable bonds is 1. The van der Waals surface area contributed by atoms with E-state index in [1.54, 1.807) is 38.4 Å². The van der Waals surface area contributed by atoms with E-state index in [2.05, 4.69) is 9.98 Å². The van der Waals surface area contributed by atoms with Crippen LogP contribution in [0, 0.1) is 16.7 Å². The van der Waals surface area contributed by atoms with Crippen molar-refractivity contribution < 1.29 is 0 Å². The SMILES string of the molecule is CN(C)C(=N)N=C(N)N=Cc1ccc(C#N)cc1. The van der Waals surface area contributed by atoms with Gasteiger partial charge < -0.3 is 10.6 Å². The van der Waals surface area contributed by atoms with Gasteiger partial charge >= 0.3 is 0 Å². The fourth-order valence-electron chi connectivity index (χ4n) is 1.02. The van der Waals surface area contributed by atoms with Crippen LogP contribution in [-0.2, 0) is 0 Å². The van der Waals surface area contributed by atoms with Gasteiger partial charge in [-0.15, -0.1) is 0 Å². The molecule has 1 rings (SSSR count). The minimum absolute atomic E-state index is 0.0121. The number of nitrogens with two attached hydrogens (primary N) is 1. The highest BCUT2D eigenvalue weighted by Gasteiger charge is 1.96. The van der Waals surface area contributed by atoms with Crippen molar-refractivity contribution >= 4 is 18.1 Å². The molecule has 0 saturated heterocycles. The normalized spacial score (nSPS) is 11.3. The predicted molar refractivity (Wildman–Crippen MR) is 71.8 cm³/mol. The summed E-state index contributed by atoms with van der Waals surface area (Å²) in [5, 5.41) is 16.1. The monoisotopic (exact) mass is 242 g/mol. The van der Waals surface area contributed by atoms with Crippen molar-refractivity contribution in [3.63, 3.8) is 0 Å². The third-order valence-electron chi connectivity index (χ3n) is 2.03. The molecule has 1 aromatic carbocycles. The van der Waals surface area contributed by atoms with Crippen LogP contribution in [0.15, 0.2) is 34.3 Å². The van der Waals surface area contributed by atoms with Crippen LogP contribution in [0.4, 0.5) is 0 Å². The van der Waals surface area contributed by atoms with Crippen molar-refractivity contribution in [3.8, 4) is 6.07 Å². The molecule has 0 aliphatic heterocycles. The first-order valence-corrected chi connectivity index (χ1v) is 5.17. The summed E-state index contributed by atoms with van der Waals surface area (Å²) in [6.07, 6.45) is 1.53. The van der Waals surface area contributed by atoms with Gasteiger partial charge in [0, 0.05) is 20.3 Å². The Morgan fingerprint density at radius 1 is 1.39 bits per heavy atom. The number of benzene rings is 1. The summed E-state index contributed by atoms with van der Waals surface area (Å²) in [6, 6.07) is 8.93. The second-order valence-corrected chi connectivity index (χ2v) is 3.68. The molecule has 6 heteroatoms. The maximum atomic E-state index is 8.65. The molecule has 0 radical (unpaired) electrons. The quantitative estimate of drug-likeness (QED) is 0.562. The Balaban J connectivity index is 2.74. The molecule has 0 aliphatic carbocycles. The van der Waals surface area contributed by atoms with E-state index in [0.29, 0.717) is 5.56 Å². The Kier molecular flexibility index (Phi) is 4.58. The molecule has 18 heavy (non-hydrogen) atoms. The van der Waals surface area contributed by atoms with Gasteiger partial charge in [-0.3, -0.25) is 5.41 Å². The molecule has 0 fully saturated rings. The number of guanidine groups is 2. The van der Waals surface area contributed by atoms with Crippen molar-refractivity contribution in [2.75, 3.05) is 14.1 Å². The van der Waals surface area contributed by atoms with E-state index >= 15 is 0 Å². The van der Waals surface area contributed by atoms with Crippen LogP contribution < -0.4 is 5.73 Å². The van der Waals surface area contributed by atoms with E-state index in [1.807, 2.05) is 6.07 Å². The van der Waals surface area contributed by atoms with E-state index in [9.17, 15) is 0 Å².